The van der Waals surface area contributed by atoms with Gasteiger partial charge in [0.2, 0.25) is 5.91 Å². The molecule has 3 N–H and O–H groups in total. The molecule has 1 amide bonds. The highest BCUT2D eigenvalue weighted by Crippen LogP contribution is 2.15. The van der Waals surface area contributed by atoms with Crippen molar-refractivity contribution in [3.05, 3.63) is 34.3 Å². The first-order valence-electron chi connectivity index (χ1n) is 5.29. The highest BCUT2D eigenvalue weighted by atomic mass is 79.9. The first-order chi connectivity index (χ1) is 7.52. The highest BCUT2D eigenvalue weighted by molar-refractivity contribution is 9.10. The van der Waals surface area contributed by atoms with Crippen molar-refractivity contribution in [1.29, 1.82) is 0 Å². The lowest BCUT2D eigenvalue weighted by Crippen LogP contribution is -2.43. The summed E-state index contributed by atoms with van der Waals surface area (Å²) in [6.45, 7) is 4.37. The number of nitrogens with two attached hydrogens (primary N) is 1. The summed E-state index contributed by atoms with van der Waals surface area (Å²) in [4.78, 5) is 11.6. The maximum atomic E-state index is 11.6. The van der Waals surface area contributed by atoms with E-state index >= 15 is 0 Å². The summed E-state index contributed by atoms with van der Waals surface area (Å²) in [6, 6.07) is 7.35. The van der Waals surface area contributed by atoms with Crippen LogP contribution >= 0.6 is 28.3 Å². The third-order valence-corrected chi connectivity index (χ3v) is 3.21. The molecule has 1 aromatic carbocycles. The van der Waals surface area contributed by atoms with Crippen LogP contribution in [0.5, 0.6) is 0 Å². The van der Waals surface area contributed by atoms with Crippen LogP contribution in [0.15, 0.2) is 28.7 Å². The Labute approximate surface area is 117 Å². The van der Waals surface area contributed by atoms with Crippen LogP contribution in [0.1, 0.15) is 19.4 Å². The van der Waals surface area contributed by atoms with Gasteiger partial charge in [0.15, 0.2) is 0 Å². The van der Waals surface area contributed by atoms with E-state index in [1.165, 1.54) is 0 Å². The summed E-state index contributed by atoms with van der Waals surface area (Å²) in [7, 11) is 0. The molecular formula is C12H18BrClN2O. The molecule has 0 spiro atoms. The number of halogens is 2. The van der Waals surface area contributed by atoms with Crippen molar-refractivity contribution in [2.45, 2.75) is 26.4 Å². The summed E-state index contributed by atoms with van der Waals surface area (Å²) < 4.78 is 0.994. The van der Waals surface area contributed by atoms with Crippen LogP contribution in [-0.4, -0.2) is 11.9 Å². The third-order valence-electron chi connectivity index (χ3n) is 2.43. The van der Waals surface area contributed by atoms with Gasteiger partial charge in [-0.05, 0) is 17.5 Å². The van der Waals surface area contributed by atoms with Gasteiger partial charge in [-0.15, -0.1) is 12.4 Å². The molecule has 1 atom stereocenters. The second-order valence-electron chi connectivity index (χ2n) is 4.08. The number of carbonyl (C=O) groups is 1. The lowest BCUT2D eigenvalue weighted by atomic mass is 10.0. The zero-order valence-corrected chi connectivity index (χ0v) is 12.3. The average molecular weight is 322 g/mol. The number of carbonyl (C=O) groups excluding carboxylic acids is 1. The lowest BCUT2D eigenvalue weighted by molar-refractivity contribution is -0.123. The Balaban J connectivity index is 0.00000256. The fraction of sp³-hybridized carbons (Fsp3) is 0.417. The Morgan fingerprint density at radius 1 is 1.41 bits per heavy atom. The normalized spacial score (nSPS) is 11.8. The van der Waals surface area contributed by atoms with E-state index in [9.17, 15) is 4.79 Å². The number of rotatable bonds is 4. The number of amides is 1. The topological polar surface area (TPSA) is 55.1 Å². The van der Waals surface area contributed by atoms with E-state index in [1.807, 2.05) is 38.1 Å². The van der Waals surface area contributed by atoms with Gasteiger partial charge in [0.25, 0.3) is 0 Å². The van der Waals surface area contributed by atoms with Crippen molar-refractivity contribution >= 4 is 34.2 Å². The maximum Gasteiger partial charge on any atom is 0.237 e. The standard InChI is InChI=1S/C12H17BrN2O.ClH/c1-8(2)11(14)12(16)15-7-9-5-3-4-6-10(9)13;/h3-6,8,11H,7,14H2,1-2H3,(H,15,16);1H. The van der Waals surface area contributed by atoms with Gasteiger partial charge in [-0.1, -0.05) is 48.0 Å². The van der Waals surface area contributed by atoms with E-state index in [4.69, 9.17) is 5.73 Å². The SMILES string of the molecule is CC(C)C(N)C(=O)NCc1ccccc1Br.Cl. The summed E-state index contributed by atoms with van der Waals surface area (Å²) in [5.74, 6) is 0.0463. The molecule has 0 aliphatic rings. The minimum atomic E-state index is -0.442. The maximum absolute atomic E-state index is 11.6. The van der Waals surface area contributed by atoms with Crippen molar-refractivity contribution in [3.8, 4) is 0 Å². The summed E-state index contributed by atoms with van der Waals surface area (Å²) in [5, 5.41) is 2.83. The van der Waals surface area contributed by atoms with Crippen molar-refractivity contribution in [2.75, 3.05) is 0 Å². The smallest absolute Gasteiger partial charge is 0.237 e. The number of hydrogen-bond donors (Lipinski definition) is 2. The Hall–Kier alpha value is -0.580. The van der Waals surface area contributed by atoms with Crippen molar-refractivity contribution in [3.63, 3.8) is 0 Å². The van der Waals surface area contributed by atoms with Crippen LogP contribution in [-0.2, 0) is 11.3 Å². The third kappa shape index (κ3) is 5.06. The molecule has 5 heteroatoms. The predicted octanol–water partition coefficient (Wildman–Crippen LogP) is 2.47. The molecule has 0 saturated carbocycles. The Bertz CT molecular complexity index is 371. The largest absolute Gasteiger partial charge is 0.351 e. The molecule has 0 aliphatic carbocycles. The molecule has 1 aromatic rings. The van der Waals surface area contributed by atoms with Crippen LogP contribution in [0.3, 0.4) is 0 Å². The van der Waals surface area contributed by atoms with Gasteiger partial charge in [-0.2, -0.15) is 0 Å². The van der Waals surface area contributed by atoms with Gasteiger partial charge in [0, 0.05) is 11.0 Å². The van der Waals surface area contributed by atoms with E-state index in [1.54, 1.807) is 0 Å². The van der Waals surface area contributed by atoms with Crippen molar-refractivity contribution in [2.24, 2.45) is 11.7 Å². The second kappa shape index (κ2) is 7.69. The van der Waals surface area contributed by atoms with E-state index in [-0.39, 0.29) is 24.2 Å². The predicted molar refractivity (Wildman–Crippen MR) is 76.1 cm³/mol. The van der Waals surface area contributed by atoms with Crippen molar-refractivity contribution in [1.82, 2.24) is 5.32 Å². The van der Waals surface area contributed by atoms with Gasteiger partial charge >= 0.3 is 0 Å². The monoisotopic (exact) mass is 320 g/mol. The molecule has 0 saturated heterocycles. The highest BCUT2D eigenvalue weighted by Gasteiger charge is 2.16. The lowest BCUT2D eigenvalue weighted by Gasteiger charge is -2.15. The van der Waals surface area contributed by atoms with Crippen LogP contribution < -0.4 is 11.1 Å². The molecule has 0 heterocycles. The van der Waals surface area contributed by atoms with E-state index in [0.29, 0.717) is 6.54 Å². The molecule has 0 radical (unpaired) electrons. The Morgan fingerprint density at radius 2 is 2.00 bits per heavy atom. The Kier molecular flexibility index (Phi) is 7.43. The molecule has 0 aliphatic heterocycles. The number of benzene rings is 1. The average Bonchev–Trinajstić information content (AvgIpc) is 2.26. The summed E-state index contributed by atoms with van der Waals surface area (Å²) >= 11 is 3.43. The molecule has 3 nitrogen and oxygen atoms in total. The van der Waals surface area contributed by atoms with E-state index in [2.05, 4.69) is 21.2 Å². The molecule has 0 bridgehead atoms. The zero-order valence-electron chi connectivity index (χ0n) is 9.94. The minimum absolute atomic E-state index is 0. The van der Waals surface area contributed by atoms with Crippen LogP contribution in [0.4, 0.5) is 0 Å². The summed E-state index contributed by atoms with van der Waals surface area (Å²) in [6.07, 6.45) is 0. The zero-order chi connectivity index (χ0) is 12.1. The molecule has 1 rings (SSSR count). The van der Waals surface area contributed by atoms with Gasteiger partial charge in [0.05, 0.1) is 6.04 Å². The van der Waals surface area contributed by atoms with E-state index < -0.39 is 6.04 Å². The van der Waals surface area contributed by atoms with Crippen molar-refractivity contribution < 1.29 is 4.79 Å². The molecule has 0 aromatic heterocycles. The number of nitrogens with one attached hydrogen (secondary N) is 1. The molecular weight excluding hydrogens is 304 g/mol. The van der Waals surface area contributed by atoms with Crippen LogP contribution in [0.25, 0.3) is 0 Å². The molecule has 96 valence electrons. The molecule has 0 fully saturated rings. The first kappa shape index (κ1) is 16.4. The second-order valence-corrected chi connectivity index (χ2v) is 4.93. The van der Waals surface area contributed by atoms with Gasteiger partial charge in [-0.3, -0.25) is 4.79 Å². The van der Waals surface area contributed by atoms with Crippen LogP contribution in [0, 0.1) is 5.92 Å². The van der Waals surface area contributed by atoms with Crippen LogP contribution in [0.2, 0.25) is 0 Å². The molecule has 17 heavy (non-hydrogen) atoms. The molecule has 1 unspecified atom stereocenters. The summed E-state index contributed by atoms with van der Waals surface area (Å²) in [5.41, 5.74) is 6.79. The van der Waals surface area contributed by atoms with Gasteiger partial charge in [-0.25, -0.2) is 0 Å². The van der Waals surface area contributed by atoms with Gasteiger partial charge in [0.1, 0.15) is 0 Å². The quantitative estimate of drug-likeness (QED) is 0.895. The Morgan fingerprint density at radius 3 is 2.53 bits per heavy atom. The van der Waals surface area contributed by atoms with Gasteiger partial charge < -0.3 is 11.1 Å². The minimum Gasteiger partial charge on any atom is -0.351 e. The fourth-order valence-corrected chi connectivity index (χ4v) is 1.67. The van der Waals surface area contributed by atoms with E-state index in [0.717, 1.165) is 10.0 Å². The number of hydrogen-bond acceptors (Lipinski definition) is 2. The first-order valence-corrected chi connectivity index (χ1v) is 6.08. The fourth-order valence-electron chi connectivity index (χ4n) is 1.24.